The van der Waals surface area contributed by atoms with Crippen molar-refractivity contribution in [1.82, 2.24) is 15.2 Å². The van der Waals surface area contributed by atoms with Gasteiger partial charge in [-0.3, -0.25) is 14.8 Å². The SMILES string of the molecule is Cc1cc(S(=O)(=O)Nc2cc(-c3ccncc3)[nH]n2)c(C)s1. The van der Waals surface area contributed by atoms with Crippen molar-refractivity contribution in [3.8, 4) is 11.3 Å². The predicted octanol–water partition coefficient (Wildman–Crippen LogP) is 2.95. The highest BCUT2D eigenvalue weighted by Crippen LogP contribution is 2.27. The van der Waals surface area contributed by atoms with Crippen LogP contribution < -0.4 is 4.72 Å². The Morgan fingerprint density at radius 1 is 1.18 bits per heavy atom. The highest BCUT2D eigenvalue weighted by molar-refractivity contribution is 7.93. The van der Waals surface area contributed by atoms with Gasteiger partial charge in [0.1, 0.15) is 4.90 Å². The third kappa shape index (κ3) is 2.88. The van der Waals surface area contributed by atoms with Crippen LogP contribution in [0.2, 0.25) is 0 Å². The summed E-state index contributed by atoms with van der Waals surface area (Å²) in [5, 5.41) is 6.82. The Labute approximate surface area is 132 Å². The molecule has 0 aromatic carbocycles. The van der Waals surface area contributed by atoms with Crippen molar-refractivity contribution in [3.05, 3.63) is 46.4 Å². The number of anilines is 1. The molecule has 0 unspecified atom stereocenters. The summed E-state index contributed by atoms with van der Waals surface area (Å²) >= 11 is 1.45. The second kappa shape index (κ2) is 5.54. The van der Waals surface area contributed by atoms with Gasteiger partial charge in [-0.1, -0.05) is 0 Å². The topological polar surface area (TPSA) is 87.7 Å². The summed E-state index contributed by atoms with van der Waals surface area (Å²) in [7, 11) is -3.63. The van der Waals surface area contributed by atoms with Gasteiger partial charge in [-0.25, -0.2) is 8.42 Å². The maximum atomic E-state index is 12.4. The number of hydrogen-bond donors (Lipinski definition) is 2. The Balaban J connectivity index is 1.88. The zero-order valence-electron chi connectivity index (χ0n) is 12.0. The summed E-state index contributed by atoms with van der Waals surface area (Å²) in [5.74, 6) is 0.259. The van der Waals surface area contributed by atoms with Crippen molar-refractivity contribution in [2.45, 2.75) is 18.7 Å². The molecule has 22 heavy (non-hydrogen) atoms. The fraction of sp³-hybridized carbons (Fsp3) is 0.143. The van der Waals surface area contributed by atoms with Crippen LogP contribution in [0.25, 0.3) is 11.3 Å². The summed E-state index contributed by atoms with van der Waals surface area (Å²) < 4.78 is 27.3. The Morgan fingerprint density at radius 3 is 2.55 bits per heavy atom. The fourth-order valence-electron chi connectivity index (χ4n) is 2.12. The van der Waals surface area contributed by atoms with Crippen LogP contribution in [-0.2, 0) is 10.0 Å². The van der Waals surface area contributed by atoms with Crippen molar-refractivity contribution < 1.29 is 8.42 Å². The molecule has 2 N–H and O–H groups in total. The van der Waals surface area contributed by atoms with Gasteiger partial charge in [-0.05, 0) is 32.0 Å². The number of pyridine rings is 1. The molecule has 0 fully saturated rings. The van der Waals surface area contributed by atoms with Crippen LogP contribution in [0.4, 0.5) is 5.82 Å². The molecule has 0 saturated carbocycles. The Hall–Kier alpha value is -2.19. The monoisotopic (exact) mass is 334 g/mol. The molecule has 3 rings (SSSR count). The van der Waals surface area contributed by atoms with Gasteiger partial charge in [0, 0.05) is 33.8 Å². The van der Waals surface area contributed by atoms with Crippen molar-refractivity contribution in [2.24, 2.45) is 0 Å². The third-order valence-corrected chi connectivity index (χ3v) is 5.67. The molecule has 0 aliphatic carbocycles. The minimum Gasteiger partial charge on any atom is -0.276 e. The lowest BCUT2D eigenvalue weighted by Gasteiger charge is -2.03. The van der Waals surface area contributed by atoms with Crippen LogP contribution in [0.5, 0.6) is 0 Å². The number of H-pyrrole nitrogens is 1. The molecule has 3 aromatic rings. The quantitative estimate of drug-likeness (QED) is 0.768. The number of nitrogens with one attached hydrogen (secondary N) is 2. The van der Waals surface area contributed by atoms with Crippen LogP contribution >= 0.6 is 11.3 Å². The molecule has 0 amide bonds. The summed E-state index contributed by atoms with van der Waals surface area (Å²) in [6, 6.07) is 6.95. The number of hydrogen-bond acceptors (Lipinski definition) is 5. The van der Waals surface area contributed by atoms with Gasteiger partial charge < -0.3 is 0 Å². The number of aryl methyl sites for hydroxylation is 2. The lowest BCUT2D eigenvalue weighted by molar-refractivity contribution is 0.601. The van der Waals surface area contributed by atoms with Crippen LogP contribution in [0.1, 0.15) is 9.75 Å². The van der Waals surface area contributed by atoms with E-state index in [4.69, 9.17) is 0 Å². The van der Waals surface area contributed by atoms with Gasteiger partial charge in [-0.2, -0.15) is 5.10 Å². The van der Waals surface area contributed by atoms with E-state index < -0.39 is 10.0 Å². The molecule has 0 saturated heterocycles. The molecule has 0 atom stereocenters. The van der Waals surface area contributed by atoms with E-state index in [1.807, 2.05) is 19.1 Å². The van der Waals surface area contributed by atoms with Crippen molar-refractivity contribution in [3.63, 3.8) is 0 Å². The normalized spacial score (nSPS) is 11.5. The highest BCUT2D eigenvalue weighted by Gasteiger charge is 2.20. The van der Waals surface area contributed by atoms with Crippen LogP contribution in [0, 0.1) is 13.8 Å². The minimum absolute atomic E-state index is 0.259. The first-order valence-corrected chi connectivity index (χ1v) is 8.81. The first-order valence-electron chi connectivity index (χ1n) is 6.51. The summed E-state index contributed by atoms with van der Waals surface area (Å²) in [6.07, 6.45) is 3.33. The predicted molar refractivity (Wildman–Crippen MR) is 86.4 cm³/mol. The number of thiophene rings is 1. The number of sulfonamides is 1. The van der Waals surface area contributed by atoms with E-state index in [0.29, 0.717) is 4.90 Å². The smallest absolute Gasteiger partial charge is 0.264 e. The maximum Gasteiger partial charge on any atom is 0.264 e. The number of nitrogens with zero attached hydrogens (tertiary/aromatic N) is 2. The molecule has 0 bridgehead atoms. The van der Waals surface area contributed by atoms with Crippen LogP contribution in [0.3, 0.4) is 0 Å². The zero-order chi connectivity index (χ0) is 15.7. The number of rotatable bonds is 4. The average Bonchev–Trinajstić information content (AvgIpc) is 3.06. The minimum atomic E-state index is -3.63. The summed E-state index contributed by atoms with van der Waals surface area (Å²) in [6.45, 7) is 3.67. The molecular weight excluding hydrogens is 320 g/mol. The maximum absolute atomic E-state index is 12.4. The van der Waals surface area contributed by atoms with Gasteiger partial charge in [0.15, 0.2) is 5.82 Å². The Kier molecular flexibility index (Phi) is 3.71. The lowest BCUT2D eigenvalue weighted by atomic mass is 10.2. The van der Waals surface area contributed by atoms with E-state index in [1.54, 1.807) is 31.5 Å². The fourth-order valence-corrected chi connectivity index (χ4v) is 4.67. The number of aromatic amines is 1. The molecule has 0 aliphatic rings. The Bertz CT molecular complexity index is 898. The van der Waals surface area contributed by atoms with Crippen molar-refractivity contribution in [1.29, 1.82) is 0 Å². The van der Waals surface area contributed by atoms with E-state index >= 15 is 0 Å². The summed E-state index contributed by atoms with van der Waals surface area (Å²) in [5.41, 5.74) is 1.61. The second-order valence-electron chi connectivity index (χ2n) is 4.79. The van der Waals surface area contributed by atoms with E-state index in [0.717, 1.165) is 21.0 Å². The third-order valence-electron chi connectivity index (χ3n) is 3.09. The van der Waals surface area contributed by atoms with Gasteiger partial charge in [-0.15, -0.1) is 11.3 Å². The van der Waals surface area contributed by atoms with Crippen molar-refractivity contribution >= 4 is 27.2 Å². The largest absolute Gasteiger partial charge is 0.276 e. The molecular formula is C14H14N4O2S2. The molecule has 8 heteroatoms. The standard InChI is InChI=1S/C14H14N4O2S2/c1-9-7-13(10(2)21-9)22(19,20)18-14-8-12(16-17-14)11-3-5-15-6-4-11/h3-8H,1-2H3,(H2,16,17,18). The van der Waals surface area contributed by atoms with E-state index in [1.165, 1.54) is 11.3 Å². The van der Waals surface area contributed by atoms with Gasteiger partial charge in [0.05, 0.1) is 5.69 Å². The van der Waals surface area contributed by atoms with E-state index in [-0.39, 0.29) is 5.82 Å². The zero-order valence-corrected chi connectivity index (χ0v) is 13.6. The van der Waals surface area contributed by atoms with Gasteiger partial charge in [0.2, 0.25) is 0 Å². The highest BCUT2D eigenvalue weighted by atomic mass is 32.2. The summed E-state index contributed by atoms with van der Waals surface area (Å²) in [4.78, 5) is 5.95. The molecule has 6 nitrogen and oxygen atoms in total. The molecule has 0 spiro atoms. The van der Waals surface area contributed by atoms with E-state index in [2.05, 4.69) is 19.9 Å². The van der Waals surface area contributed by atoms with Crippen LogP contribution in [-0.4, -0.2) is 23.6 Å². The number of aromatic nitrogens is 3. The first-order chi connectivity index (χ1) is 10.5. The first kappa shape index (κ1) is 14.7. The van der Waals surface area contributed by atoms with Crippen molar-refractivity contribution in [2.75, 3.05) is 4.72 Å². The molecule has 0 radical (unpaired) electrons. The van der Waals surface area contributed by atoms with Gasteiger partial charge in [0.25, 0.3) is 10.0 Å². The van der Waals surface area contributed by atoms with Gasteiger partial charge >= 0.3 is 0 Å². The average molecular weight is 334 g/mol. The van der Waals surface area contributed by atoms with E-state index in [9.17, 15) is 8.42 Å². The molecule has 3 heterocycles. The molecule has 0 aliphatic heterocycles. The molecule has 114 valence electrons. The molecule has 3 aromatic heterocycles. The van der Waals surface area contributed by atoms with Crippen LogP contribution in [0.15, 0.2) is 41.6 Å². The second-order valence-corrected chi connectivity index (χ2v) is 7.90. The lowest BCUT2D eigenvalue weighted by Crippen LogP contribution is -2.13. The Morgan fingerprint density at radius 2 is 1.91 bits per heavy atom.